The molecule has 2 aromatic rings. The fourth-order valence-corrected chi connectivity index (χ4v) is 2.79. The Kier molecular flexibility index (Phi) is 5.09. The maximum Gasteiger partial charge on any atom is 0.256 e. The molecule has 0 radical (unpaired) electrons. The van der Waals surface area contributed by atoms with Gasteiger partial charge in [0.05, 0.1) is 12.8 Å². The fourth-order valence-electron chi connectivity index (χ4n) is 1.90. The highest BCUT2D eigenvalue weighted by molar-refractivity contribution is 7.98. The Hall–Kier alpha value is -1.46. The quantitative estimate of drug-likeness (QED) is 0.828. The van der Waals surface area contributed by atoms with E-state index >= 15 is 0 Å². The largest absolute Gasteiger partial charge is 0.496 e. The third kappa shape index (κ3) is 3.55. The van der Waals surface area contributed by atoms with Crippen LogP contribution in [0.1, 0.15) is 22.6 Å². The van der Waals surface area contributed by atoms with Crippen molar-refractivity contribution in [1.29, 1.82) is 0 Å². The predicted octanol–water partition coefficient (Wildman–Crippen LogP) is 3.31. The minimum atomic E-state index is 0.709. The molecule has 4 nitrogen and oxygen atoms in total. The van der Waals surface area contributed by atoms with E-state index in [0.29, 0.717) is 5.22 Å². The van der Waals surface area contributed by atoms with Crippen molar-refractivity contribution in [3.05, 3.63) is 40.8 Å². The first kappa shape index (κ1) is 14.9. The summed E-state index contributed by atoms with van der Waals surface area (Å²) in [6, 6.07) is 6.24. The SMILES string of the molecule is CNCc1ccc(OC)c(CSc2nc(C)c(C)o2)c1. The summed E-state index contributed by atoms with van der Waals surface area (Å²) in [6.45, 7) is 4.73. The Morgan fingerprint density at radius 1 is 1.35 bits per heavy atom. The molecular weight excluding hydrogens is 272 g/mol. The molecule has 0 aliphatic rings. The van der Waals surface area contributed by atoms with Crippen LogP contribution in [0.15, 0.2) is 27.8 Å². The van der Waals surface area contributed by atoms with Crippen LogP contribution in [0, 0.1) is 13.8 Å². The molecule has 0 atom stereocenters. The second-order valence-electron chi connectivity index (χ2n) is 4.59. The molecule has 1 N–H and O–H groups in total. The zero-order valence-corrected chi connectivity index (χ0v) is 13.1. The maximum atomic E-state index is 5.59. The van der Waals surface area contributed by atoms with E-state index in [-0.39, 0.29) is 0 Å². The van der Waals surface area contributed by atoms with Crippen LogP contribution in [0.5, 0.6) is 5.75 Å². The third-order valence-corrected chi connectivity index (χ3v) is 3.96. The van der Waals surface area contributed by atoms with Crippen molar-refractivity contribution in [2.24, 2.45) is 0 Å². The van der Waals surface area contributed by atoms with Crippen LogP contribution in [0.25, 0.3) is 0 Å². The number of benzene rings is 1. The number of hydrogen-bond donors (Lipinski definition) is 1. The van der Waals surface area contributed by atoms with E-state index in [0.717, 1.165) is 35.1 Å². The van der Waals surface area contributed by atoms with Crippen molar-refractivity contribution < 1.29 is 9.15 Å². The number of aromatic nitrogens is 1. The van der Waals surface area contributed by atoms with Crippen LogP contribution in [-0.4, -0.2) is 19.1 Å². The molecule has 0 aliphatic carbocycles. The van der Waals surface area contributed by atoms with Crippen molar-refractivity contribution in [2.75, 3.05) is 14.2 Å². The van der Waals surface area contributed by atoms with E-state index in [1.807, 2.05) is 27.0 Å². The lowest BCUT2D eigenvalue weighted by Crippen LogP contribution is -2.05. The highest BCUT2D eigenvalue weighted by Gasteiger charge is 2.09. The normalized spacial score (nSPS) is 10.8. The zero-order valence-electron chi connectivity index (χ0n) is 12.3. The monoisotopic (exact) mass is 292 g/mol. The molecule has 0 fully saturated rings. The summed E-state index contributed by atoms with van der Waals surface area (Å²) in [5.41, 5.74) is 3.34. The number of oxazole rings is 1. The van der Waals surface area contributed by atoms with Gasteiger partial charge in [-0.05, 0) is 38.6 Å². The van der Waals surface area contributed by atoms with E-state index < -0.39 is 0 Å². The van der Waals surface area contributed by atoms with Gasteiger partial charge >= 0.3 is 0 Å². The minimum absolute atomic E-state index is 0.709. The van der Waals surface area contributed by atoms with E-state index in [1.165, 1.54) is 5.56 Å². The second kappa shape index (κ2) is 6.81. The Balaban J connectivity index is 2.12. The summed E-state index contributed by atoms with van der Waals surface area (Å²) in [5, 5.41) is 3.86. The molecule has 20 heavy (non-hydrogen) atoms. The zero-order chi connectivity index (χ0) is 14.5. The maximum absolute atomic E-state index is 5.59. The molecular formula is C15H20N2O2S. The first-order valence-electron chi connectivity index (χ1n) is 6.51. The molecule has 2 rings (SSSR count). The Bertz CT molecular complexity index is 562. The summed E-state index contributed by atoms with van der Waals surface area (Å²) in [7, 11) is 3.64. The molecule has 1 aromatic heterocycles. The average molecular weight is 292 g/mol. The first-order chi connectivity index (χ1) is 9.63. The molecule has 5 heteroatoms. The molecule has 108 valence electrons. The molecule has 1 aromatic carbocycles. The van der Waals surface area contributed by atoms with Gasteiger partial charge in [0.25, 0.3) is 5.22 Å². The third-order valence-electron chi connectivity index (χ3n) is 3.09. The topological polar surface area (TPSA) is 47.3 Å². The Labute approximate surface area is 123 Å². The second-order valence-corrected chi connectivity index (χ2v) is 5.51. The highest BCUT2D eigenvalue weighted by Crippen LogP contribution is 2.29. The lowest BCUT2D eigenvalue weighted by molar-refractivity contribution is 0.410. The number of nitrogens with one attached hydrogen (secondary N) is 1. The van der Waals surface area contributed by atoms with Crippen LogP contribution in [0.2, 0.25) is 0 Å². The summed E-state index contributed by atoms with van der Waals surface area (Å²) in [6.07, 6.45) is 0. The van der Waals surface area contributed by atoms with Gasteiger partial charge in [-0.1, -0.05) is 17.8 Å². The van der Waals surface area contributed by atoms with Gasteiger partial charge in [0.2, 0.25) is 0 Å². The number of nitrogens with zero attached hydrogens (tertiary/aromatic N) is 1. The van der Waals surface area contributed by atoms with Crippen molar-refractivity contribution in [2.45, 2.75) is 31.4 Å². The van der Waals surface area contributed by atoms with E-state index in [9.17, 15) is 0 Å². The molecule has 0 spiro atoms. The van der Waals surface area contributed by atoms with Crippen molar-refractivity contribution in [1.82, 2.24) is 10.3 Å². The number of thioether (sulfide) groups is 1. The smallest absolute Gasteiger partial charge is 0.256 e. The van der Waals surface area contributed by atoms with Crippen LogP contribution in [0.4, 0.5) is 0 Å². The van der Waals surface area contributed by atoms with Gasteiger partial charge in [-0.2, -0.15) is 0 Å². The van der Waals surface area contributed by atoms with Gasteiger partial charge in [-0.15, -0.1) is 0 Å². The molecule has 0 bridgehead atoms. The summed E-state index contributed by atoms with van der Waals surface area (Å²) in [5.74, 6) is 2.56. The summed E-state index contributed by atoms with van der Waals surface area (Å²) >= 11 is 1.59. The van der Waals surface area contributed by atoms with Crippen LogP contribution >= 0.6 is 11.8 Å². The number of methoxy groups -OCH3 is 1. The summed E-state index contributed by atoms with van der Waals surface area (Å²) < 4.78 is 11.0. The fraction of sp³-hybridized carbons (Fsp3) is 0.400. The van der Waals surface area contributed by atoms with Gasteiger partial charge in [-0.3, -0.25) is 0 Å². The van der Waals surface area contributed by atoms with Gasteiger partial charge in [-0.25, -0.2) is 4.98 Å². The number of hydrogen-bond acceptors (Lipinski definition) is 5. The van der Waals surface area contributed by atoms with E-state index in [1.54, 1.807) is 18.9 Å². The first-order valence-corrected chi connectivity index (χ1v) is 7.49. The van der Waals surface area contributed by atoms with E-state index in [2.05, 4.69) is 22.4 Å². The molecule has 0 aliphatic heterocycles. The lowest BCUT2D eigenvalue weighted by Gasteiger charge is -2.09. The highest BCUT2D eigenvalue weighted by atomic mass is 32.2. The average Bonchev–Trinajstić information content (AvgIpc) is 2.76. The number of ether oxygens (including phenoxy) is 1. The molecule has 1 heterocycles. The van der Waals surface area contributed by atoms with Gasteiger partial charge in [0, 0.05) is 17.9 Å². The predicted molar refractivity (Wildman–Crippen MR) is 81.3 cm³/mol. The van der Waals surface area contributed by atoms with Crippen LogP contribution in [0.3, 0.4) is 0 Å². The molecule has 0 saturated carbocycles. The molecule has 0 unspecified atom stereocenters. The van der Waals surface area contributed by atoms with Gasteiger partial charge < -0.3 is 14.5 Å². The van der Waals surface area contributed by atoms with E-state index in [4.69, 9.17) is 9.15 Å². The van der Waals surface area contributed by atoms with Crippen LogP contribution in [-0.2, 0) is 12.3 Å². The Morgan fingerprint density at radius 3 is 2.75 bits per heavy atom. The number of rotatable bonds is 6. The van der Waals surface area contributed by atoms with Gasteiger partial charge in [0.1, 0.15) is 11.5 Å². The van der Waals surface area contributed by atoms with Crippen LogP contribution < -0.4 is 10.1 Å². The van der Waals surface area contributed by atoms with Crippen molar-refractivity contribution in [3.8, 4) is 5.75 Å². The lowest BCUT2D eigenvalue weighted by atomic mass is 10.1. The minimum Gasteiger partial charge on any atom is -0.496 e. The summed E-state index contributed by atoms with van der Waals surface area (Å²) in [4.78, 5) is 4.38. The molecule has 0 amide bonds. The van der Waals surface area contributed by atoms with Crippen molar-refractivity contribution in [3.63, 3.8) is 0 Å². The standard InChI is InChI=1S/C15H20N2O2S/c1-10-11(2)19-15(17-10)20-9-13-7-12(8-16-3)5-6-14(13)18-4/h5-7,16H,8-9H2,1-4H3. The van der Waals surface area contributed by atoms with Gasteiger partial charge in [0.15, 0.2) is 0 Å². The van der Waals surface area contributed by atoms with Crippen molar-refractivity contribution >= 4 is 11.8 Å². The Morgan fingerprint density at radius 2 is 2.15 bits per heavy atom. The molecule has 0 saturated heterocycles. The number of aryl methyl sites for hydroxylation is 2.